The van der Waals surface area contributed by atoms with Gasteiger partial charge in [0.2, 0.25) is 5.69 Å². The number of hydrogen-bond donors (Lipinski definition) is 0. The fraction of sp³-hybridized carbons (Fsp3) is 0.250. The van der Waals surface area contributed by atoms with Crippen molar-refractivity contribution in [1.82, 2.24) is 0 Å². The van der Waals surface area contributed by atoms with Gasteiger partial charge in [-0.25, -0.2) is 4.85 Å². The van der Waals surface area contributed by atoms with Gasteiger partial charge in [0.15, 0.2) is 0 Å². The number of rotatable bonds is 4. The minimum Gasteiger partial charge on any atom is -0.489 e. The third kappa shape index (κ3) is 3.30. The molecule has 0 saturated carbocycles. The Balaban J connectivity index is 2.68. The maximum Gasteiger partial charge on any atom is 0.205 e. The molecule has 0 spiro atoms. The Kier molecular flexibility index (Phi) is 4.20. The lowest BCUT2D eigenvalue weighted by Gasteiger charge is -2.07. The summed E-state index contributed by atoms with van der Waals surface area (Å²) in [4.78, 5) is 3.27. The van der Waals surface area contributed by atoms with Crippen LogP contribution in [-0.4, -0.2) is 6.61 Å². The van der Waals surface area contributed by atoms with E-state index in [0.717, 1.165) is 12.0 Å². The summed E-state index contributed by atoms with van der Waals surface area (Å²) >= 11 is 5.86. The van der Waals surface area contributed by atoms with Gasteiger partial charge in [-0.05, 0) is 24.1 Å². The zero-order valence-corrected chi connectivity index (χ0v) is 9.34. The zero-order chi connectivity index (χ0) is 11.3. The van der Waals surface area contributed by atoms with Gasteiger partial charge in [0, 0.05) is 0 Å². The van der Waals surface area contributed by atoms with E-state index in [2.05, 4.69) is 11.4 Å². The fourth-order valence-corrected chi connectivity index (χ4v) is 1.17. The Morgan fingerprint density at radius 2 is 2.33 bits per heavy atom. The van der Waals surface area contributed by atoms with Crippen LogP contribution in [-0.2, 0) is 0 Å². The molecular formula is C12H12ClNO. The summed E-state index contributed by atoms with van der Waals surface area (Å²) < 4.78 is 5.45. The smallest absolute Gasteiger partial charge is 0.205 e. The largest absolute Gasteiger partial charge is 0.489 e. The SMILES string of the molecule is [C-]#[N+]c1ccc(OCC(=C)CC)cc1Cl. The molecule has 0 aliphatic carbocycles. The van der Waals surface area contributed by atoms with Crippen molar-refractivity contribution in [3.8, 4) is 5.75 Å². The lowest BCUT2D eigenvalue weighted by Crippen LogP contribution is -1.99. The second-order valence-electron chi connectivity index (χ2n) is 3.12. The highest BCUT2D eigenvalue weighted by Crippen LogP contribution is 2.29. The van der Waals surface area contributed by atoms with E-state index in [4.69, 9.17) is 22.9 Å². The Labute approximate surface area is 95.0 Å². The minimum absolute atomic E-state index is 0.421. The highest BCUT2D eigenvalue weighted by atomic mass is 35.5. The van der Waals surface area contributed by atoms with Gasteiger partial charge in [-0.2, -0.15) is 0 Å². The molecule has 0 aliphatic heterocycles. The molecule has 0 saturated heterocycles. The van der Waals surface area contributed by atoms with E-state index in [9.17, 15) is 0 Å². The second kappa shape index (κ2) is 5.43. The van der Waals surface area contributed by atoms with Gasteiger partial charge in [-0.1, -0.05) is 31.2 Å². The predicted molar refractivity (Wildman–Crippen MR) is 62.6 cm³/mol. The molecule has 1 aromatic carbocycles. The molecular weight excluding hydrogens is 210 g/mol. The summed E-state index contributed by atoms with van der Waals surface area (Å²) in [7, 11) is 0. The molecule has 0 atom stereocenters. The van der Waals surface area contributed by atoms with Crippen LogP contribution in [0.5, 0.6) is 5.75 Å². The highest BCUT2D eigenvalue weighted by Gasteiger charge is 2.02. The third-order valence-corrected chi connectivity index (χ3v) is 2.29. The van der Waals surface area contributed by atoms with Gasteiger partial charge in [0.1, 0.15) is 12.4 Å². The molecule has 0 aromatic heterocycles. The number of nitrogens with zero attached hydrogens (tertiary/aromatic N) is 1. The van der Waals surface area contributed by atoms with Crippen LogP contribution < -0.4 is 4.74 Å². The van der Waals surface area contributed by atoms with Crippen molar-refractivity contribution in [2.75, 3.05) is 6.61 Å². The van der Waals surface area contributed by atoms with Crippen LogP contribution in [0.25, 0.3) is 4.85 Å². The molecule has 0 heterocycles. The van der Waals surface area contributed by atoms with Gasteiger partial charge < -0.3 is 4.74 Å². The Hall–Kier alpha value is -1.46. The van der Waals surface area contributed by atoms with Crippen molar-refractivity contribution in [3.63, 3.8) is 0 Å². The van der Waals surface area contributed by atoms with Crippen molar-refractivity contribution in [1.29, 1.82) is 0 Å². The van der Waals surface area contributed by atoms with Gasteiger partial charge in [-0.15, -0.1) is 0 Å². The number of ether oxygens (including phenoxy) is 1. The summed E-state index contributed by atoms with van der Waals surface area (Å²) in [6, 6.07) is 5.04. The normalized spacial score (nSPS) is 9.40. The van der Waals surface area contributed by atoms with Crippen LogP contribution in [0.15, 0.2) is 30.4 Å². The number of hydrogen-bond acceptors (Lipinski definition) is 1. The summed E-state index contributed by atoms with van der Waals surface area (Å²) in [5.74, 6) is 0.669. The van der Waals surface area contributed by atoms with Crippen molar-refractivity contribution in [2.45, 2.75) is 13.3 Å². The van der Waals surface area contributed by atoms with Crippen molar-refractivity contribution in [2.24, 2.45) is 0 Å². The molecule has 1 aromatic rings. The first kappa shape index (κ1) is 11.6. The Morgan fingerprint density at radius 1 is 1.60 bits per heavy atom. The first-order valence-corrected chi connectivity index (χ1v) is 5.01. The molecule has 0 radical (unpaired) electrons. The average molecular weight is 222 g/mol. The Bertz CT molecular complexity index is 407. The van der Waals surface area contributed by atoms with Gasteiger partial charge in [0.05, 0.1) is 11.6 Å². The standard InChI is InChI=1S/C12H12ClNO/c1-4-9(2)8-15-10-5-6-12(14-3)11(13)7-10/h5-7H,2,4,8H2,1H3. The predicted octanol–water partition coefficient (Wildman–Crippen LogP) is 4.24. The average Bonchev–Trinajstić information content (AvgIpc) is 2.26. The minimum atomic E-state index is 0.421. The molecule has 0 amide bonds. The van der Waals surface area contributed by atoms with E-state index in [0.29, 0.717) is 23.1 Å². The zero-order valence-electron chi connectivity index (χ0n) is 8.59. The molecule has 0 N–H and O–H groups in total. The molecule has 78 valence electrons. The second-order valence-corrected chi connectivity index (χ2v) is 3.52. The molecule has 3 heteroatoms. The molecule has 15 heavy (non-hydrogen) atoms. The highest BCUT2D eigenvalue weighted by molar-refractivity contribution is 6.33. The molecule has 0 aliphatic rings. The van der Waals surface area contributed by atoms with Crippen LogP contribution in [0.2, 0.25) is 5.02 Å². The van der Waals surface area contributed by atoms with E-state index in [1.54, 1.807) is 18.2 Å². The van der Waals surface area contributed by atoms with E-state index >= 15 is 0 Å². The lowest BCUT2D eigenvalue weighted by atomic mass is 10.2. The lowest BCUT2D eigenvalue weighted by molar-refractivity contribution is 0.349. The van der Waals surface area contributed by atoms with Gasteiger partial charge in [0.25, 0.3) is 0 Å². The summed E-state index contributed by atoms with van der Waals surface area (Å²) in [5.41, 5.74) is 1.47. The van der Waals surface area contributed by atoms with E-state index < -0.39 is 0 Å². The van der Waals surface area contributed by atoms with Crippen LogP contribution in [0.3, 0.4) is 0 Å². The first-order valence-electron chi connectivity index (χ1n) is 4.63. The quantitative estimate of drug-likeness (QED) is 0.548. The molecule has 1 rings (SSSR count). The number of benzene rings is 1. The van der Waals surface area contributed by atoms with Gasteiger partial charge in [-0.3, -0.25) is 0 Å². The monoisotopic (exact) mass is 221 g/mol. The van der Waals surface area contributed by atoms with Crippen molar-refractivity contribution in [3.05, 3.63) is 46.8 Å². The number of halogens is 1. The van der Waals surface area contributed by atoms with Crippen LogP contribution in [0.4, 0.5) is 5.69 Å². The summed E-state index contributed by atoms with van der Waals surface area (Å²) in [6.07, 6.45) is 0.897. The summed E-state index contributed by atoms with van der Waals surface area (Å²) in [6.45, 7) is 13.2. The van der Waals surface area contributed by atoms with Crippen molar-refractivity contribution < 1.29 is 4.74 Å². The van der Waals surface area contributed by atoms with E-state index in [-0.39, 0.29) is 0 Å². The third-order valence-electron chi connectivity index (χ3n) is 1.98. The summed E-state index contributed by atoms with van der Waals surface area (Å²) in [5, 5.41) is 0.421. The first-order chi connectivity index (χ1) is 7.17. The van der Waals surface area contributed by atoms with Crippen molar-refractivity contribution >= 4 is 17.3 Å². The molecule has 0 bridgehead atoms. The molecule has 0 fully saturated rings. The maximum atomic E-state index is 6.84. The topological polar surface area (TPSA) is 13.6 Å². The Morgan fingerprint density at radius 3 is 2.87 bits per heavy atom. The molecule has 2 nitrogen and oxygen atoms in total. The fourth-order valence-electron chi connectivity index (χ4n) is 0.956. The van der Waals surface area contributed by atoms with Crippen LogP contribution in [0, 0.1) is 6.57 Å². The molecule has 0 unspecified atom stereocenters. The van der Waals surface area contributed by atoms with Crippen LogP contribution in [0.1, 0.15) is 13.3 Å². The van der Waals surface area contributed by atoms with Crippen LogP contribution >= 0.6 is 11.6 Å². The maximum absolute atomic E-state index is 6.84. The van der Waals surface area contributed by atoms with E-state index in [1.165, 1.54) is 0 Å². The van der Waals surface area contributed by atoms with E-state index in [1.807, 2.05) is 6.92 Å². The van der Waals surface area contributed by atoms with Gasteiger partial charge >= 0.3 is 0 Å².